The van der Waals surface area contributed by atoms with Gasteiger partial charge in [-0.2, -0.15) is 10.5 Å². The van der Waals surface area contributed by atoms with Gasteiger partial charge in [0.25, 0.3) is 0 Å². The van der Waals surface area contributed by atoms with Crippen LogP contribution >= 0.6 is 0 Å². The van der Waals surface area contributed by atoms with E-state index in [1.54, 1.807) is 0 Å². The maximum absolute atomic E-state index is 9.56. The van der Waals surface area contributed by atoms with Crippen molar-refractivity contribution in [2.75, 3.05) is 0 Å². The van der Waals surface area contributed by atoms with Crippen molar-refractivity contribution in [1.82, 2.24) is 19.9 Å². The standard InChI is InChI=1S/C46H30N6/c47-27-29-11-15-33(16-12-29)45-39-23-19-35(49-39)43(31-7-3-1-4-8-31)36-20-24-40(50-36)46(34-17-13-30(28-48)14-18-34)42-26-22-38(52-42)44(32-9-5-2-6-10-32)37-21-25-41(45)51-37/h1-26,49-52H. The molecule has 0 atom stereocenters. The van der Waals surface area contributed by atoms with Gasteiger partial charge < -0.3 is 19.9 Å². The van der Waals surface area contributed by atoms with Crippen LogP contribution in [0.3, 0.4) is 0 Å². The Morgan fingerprint density at radius 3 is 0.865 bits per heavy atom. The minimum Gasteiger partial charge on any atom is -0.354 e. The number of benzene rings is 4. The van der Waals surface area contributed by atoms with Crippen LogP contribution in [0.2, 0.25) is 0 Å². The molecule has 244 valence electrons. The number of hydrogen-bond acceptors (Lipinski definition) is 2. The van der Waals surface area contributed by atoms with Crippen LogP contribution in [-0.2, 0) is 0 Å². The first-order valence-electron chi connectivity index (χ1n) is 17.1. The number of rotatable bonds is 4. The van der Waals surface area contributed by atoms with E-state index in [-0.39, 0.29) is 0 Å². The smallest absolute Gasteiger partial charge is 0.0991 e. The molecule has 0 unspecified atom stereocenters. The maximum Gasteiger partial charge on any atom is 0.0991 e. The normalized spacial score (nSPS) is 12.4. The zero-order valence-electron chi connectivity index (χ0n) is 27.9. The molecule has 1 aliphatic rings. The van der Waals surface area contributed by atoms with Crippen molar-refractivity contribution in [1.29, 1.82) is 10.5 Å². The Morgan fingerprint density at radius 2 is 0.577 bits per heavy atom. The fourth-order valence-corrected chi connectivity index (χ4v) is 7.20. The quantitative estimate of drug-likeness (QED) is 0.184. The van der Waals surface area contributed by atoms with Gasteiger partial charge in [0.15, 0.2) is 0 Å². The van der Waals surface area contributed by atoms with Crippen molar-refractivity contribution in [2.45, 2.75) is 0 Å². The SMILES string of the molecule is N#Cc1ccc(C2=c3ccc([nH]3)=C(c3ccccc3)c3ccc([nH]3)C(c3ccc(C#N)cc3)=c3ccc([nH]3)=C(c3ccccc3)c3ccc2[nH]3)cc1. The molecule has 4 aromatic heterocycles. The van der Waals surface area contributed by atoms with Crippen molar-refractivity contribution in [3.05, 3.63) is 235 Å². The molecule has 4 N–H and O–H groups in total. The lowest BCUT2D eigenvalue weighted by atomic mass is 10.0. The first-order valence-corrected chi connectivity index (χ1v) is 17.1. The highest BCUT2D eigenvalue weighted by molar-refractivity contribution is 5.84. The molecule has 6 nitrogen and oxygen atoms in total. The number of aromatic nitrogens is 4. The molecule has 0 saturated heterocycles. The van der Waals surface area contributed by atoms with Crippen LogP contribution < -0.4 is 21.4 Å². The number of hydrogen-bond donors (Lipinski definition) is 4. The molecule has 4 aromatic carbocycles. The Hall–Kier alpha value is -7.54. The van der Waals surface area contributed by atoms with E-state index in [4.69, 9.17) is 0 Å². The molecular weight excluding hydrogens is 637 g/mol. The number of nitriles is 2. The Balaban J connectivity index is 1.42. The molecule has 9 rings (SSSR count). The summed E-state index contributed by atoms with van der Waals surface area (Å²) in [6.45, 7) is 0. The number of nitrogens with one attached hydrogen (secondary N) is 4. The number of H-pyrrole nitrogens is 4. The summed E-state index contributed by atoms with van der Waals surface area (Å²) < 4.78 is 0. The Labute approximate surface area is 299 Å². The van der Waals surface area contributed by atoms with Gasteiger partial charge in [-0.1, -0.05) is 84.9 Å². The minimum atomic E-state index is 0.610. The lowest BCUT2D eigenvalue weighted by Crippen LogP contribution is -2.19. The van der Waals surface area contributed by atoms with Crippen molar-refractivity contribution in [2.24, 2.45) is 0 Å². The second-order valence-electron chi connectivity index (χ2n) is 12.8. The molecule has 0 radical (unpaired) electrons. The van der Waals surface area contributed by atoms with Gasteiger partial charge in [0.1, 0.15) is 0 Å². The van der Waals surface area contributed by atoms with Crippen LogP contribution in [0.4, 0.5) is 0 Å². The fraction of sp³-hybridized carbons (Fsp3) is 0. The van der Waals surface area contributed by atoms with Crippen LogP contribution in [0, 0.1) is 22.7 Å². The Morgan fingerprint density at radius 1 is 0.288 bits per heavy atom. The van der Waals surface area contributed by atoms with Gasteiger partial charge in [0, 0.05) is 66.5 Å². The fourth-order valence-electron chi connectivity index (χ4n) is 7.20. The average molecular weight is 667 g/mol. The molecule has 0 saturated carbocycles. The van der Waals surface area contributed by atoms with E-state index < -0.39 is 0 Å². The predicted molar refractivity (Wildman–Crippen MR) is 203 cm³/mol. The van der Waals surface area contributed by atoms with Gasteiger partial charge in [0.2, 0.25) is 0 Å². The molecule has 0 spiro atoms. The van der Waals surface area contributed by atoms with E-state index in [2.05, 4.69) is 129 Å². The summed E-state index contributed by atoms with van der Waals surface area (Å²) in [6.07, 6.45) is 0. The highest BCUT2D eigenvalue weighted by atomic mass is 14.8. The molecule has 5 heterocycles. The van der Waals surface area contributed by atoms with Gasteiger partial charge in [-0.25, -0.2) is 0 Å². The van der Waals surface area contributed by atoms with E-state index in [1.807, 2.05) is 60.7 Å². The Bertz CT molecular complexity index is 2730. The van der Waals surface area contributed by atoms with Gasteiger partial charge in [0.05, 0.1) is 23.3 Å². The molecule has 0 fully saturated rings. The summed E-state index contributed by atoms with van der Waals surface area (Å²) in [4.78, 5) is 15.2. The second kappa shape index (κ2) is 12.7. The summed E-state index contributed by atoms with van der Waals surface area (Å²) in [5.74, 6) is 0. The van der Waals surface area contributed by atoms with E-state index in [0.29, 0.717) is 11.1 Å². The van der Waals surface area contributed by atoms with Crippen LogP contribution in [0.15, 0.2) is 158 Å². The summed E-state index contributed by atoms with van der Waals surface area (Å²) >= 11 is 0. The maximum atomic E-state index is 9.56. The van der Waals surface area contributed by atoms with E-state index >= 15 is 0 Å². The molecule has 8 bridgehead atoms. The summed E-state index contributed by atoms with van der Waals surface area (Å²) in [7, 11) is 0. The molecule has 52 heavy (non-hydrogen) atoms. The molecule has 6 heteroatoms. The van der Waals surface area contributed by atoms with Crippen molar-refractivity contribution < 1.29 is 0 Å². The topological polar surface area (TPSA) is 111 Å². The summed E-state index contributed by atoms with van der Waals surface area (Å²) in [5, 5.41) is 22.9. The third-order valence-electron chi connectivity index (χ3n) is 9.63. The predicted octanol–water partition coefficient (Wildman–Crippen LogP) is 6.04. The monoisotopic (exact) mass is 666 g/mol. The van der Waals surface area contributed by atoms with Crippen LogP contribution in [0.25, 0.3) is 22.3 Å². The summed E-state index contributed by atoms with van der Waals surface area (Å²) in [6, 6.07) is 57.8. The van der Waals surface area contributed by atoms with Crippen LogP contribution in [0.5, 0.6) is 0 Å². The molecule has 0 amide bonds. The van der Waals surface area contributed by atoms with Crippen molar-refractivity contribution in [3.8, 4) is 12.1 Å². The van der Waals surface area contributed by atoms with Gasteiger partial charge in [-0.05, 0) is 95.1 Å². The largest absolute Gasteiger partial charge is 0.354 e. The molecule has 8 aromatic rings. The number of nitrogens with zero attached hydrogens (tertiary/aromatic N) is 2. The van der Waals surface area contributed by atoms with Gasteiger partial charge in [-0.3, -0.25) is 0 Å². The summed E-state index contributed by atoms with van der Waals surface area (Å²) in [5.41, 5.74) is 13.1. The average Bonchev–Trinajstić information content (AvgIpc) is 4.04. The minimum absolute atomic E-state index is 0.610. The van der Waals surface area contributed by atoms with E-state index in [9.17, 15) is 10.5 Å². The van der Waals surface area contributed by atoms with E-state index in [1.165, 1.54) is 0 Å². The second-order valence-corrected chi connectivity index (χ2v) is 12.8. The van der Waals surface area contributed by atoms with Crippen LogP contribution in [0.1, 0.15) is 56.2 Å². The first-order chi connectivity index (χ1) is 25.7. The van der Waals surface area contributed by atoms with Crippen LogP contribution in [-0.4, -0.2) is 19.9 Å². The van der Waals surface area contributed by atoms with Crippen molar-refractivity contribution in [3.63, 3.8) is 0 Å². The Kier molecular flexibility index (Phi) is 7.47. The lowest BCUT2D eigenvalue weighted by Gasteiger charge is -2.10. The van der Waals surface area contributed by atoms with Gasteiger partial charge >= 0.3 is 0 Å². The van der Waals surface area contributed by atoms with Crippen molar-refractivity contribution >= 4 is 22.3 Å². The molecule has 1 aliphatic heterocycles. The number of fused-ring (bicyclic) bond motifs is 8. The third kappa shape index (κ3) is 5.38. The molecule has 0 aliphatic carbocycles. The molecular formula is C46H30N6. The highest BCUT2D eigenvalue weighted by Gasteiger charge is 2.18. The van der Waals surface area contributed by atoms with E-state index in [0.717, 1.165) is 88.7 Å². The zero-order valence-corrected chi connectivity index (χ0v) is 27.9. The third-order valence-corrected chi connectivity index (χ3v) is 9.63. The number of aromatic amines is 4. The first kappa shape index (κ1) is 30.5. The highest BCUT2D eigenvalue weighted by Crippen LogP contribution is 2.28. The lowest BCUT2D eigenvalue weighted by molar-refractivity contribution is 1.19. The zero-order chi connectivity index (χ0) is 35.0. The van der Waals surface area contributed by atoms with Gasteiger partial charge in [-0.15, -0.1) is 0 Å².